The van der Waals surface area contributed by atoms with Crippen LogP contribution in [0.5, 0.6) is 0 Å². The second-order valence-electron chi connectivity index (χ2n) is 5.64. The van der Waals surface area contributed by atoms with Crippen molar-refractivity contribution in [3.8, 4) is 0 Å². The number of carbonyl (C=O) groups is 1. The quantitative estimate of drug-likeness (QED) is 0.745. The van der Waals surface area contributed by atoms with E-state index in [4.69, 9.17) is 0 Å². The van der Waals surface area contributed by atoms with E-state index in [1.165, 1.54) is 25.7 Å². The Balaban J connectivity index is 2.51. The van der Waals surface area contributed by atoms with Crippen molar-refractivity contribution in [2.24, 2.45) is 11.3 Å². The van der Waals surface area contributed by atoms with Crippen molar-refractivity contribution in [1.29, 1.82) is 0 Å². The Bertz CT molecular complexity index is 243. The van der Waals surface area contributed by atoms with Crippen LogP contribution >= 0.6 is 0 Å². The predicted molar refractivity (Wildman–Crippen MR) is 70.1 cm³/mol. The van der Waals surface area contributed by atoms with Gasteiger partial charge >= 0.3 is 5.97 Å². The van der Waals surface area contributed by atoms with E-state index in [1.807, 2.05) is 13.8 Å². The molecule has 17 heavy (non-hydrogen) atoms. The average molecular weight is 241 g/mol. The number of carboxylic acid groups (broad SMARTS) is 1. The Morgan fingerprint density at radius 1 is 1.29 bits per heavy atom. The van der Waals surface area contributed by atoms with Crippen molar-refractivity contribution in [2.75, 3.05) is 20.1 Å². The second-order valence-corrected chi connectivity index (χ2v) is 5.64. The Labute approximate surface area is 105 Å². The van der Waals surface area contributed by atoms with Gasteiger partial charge in [0.25, 0.3) is 0 Å². The van der Waals surface area contributed by atoms with Crippen LogP contribution in [0.15, 0.2) is 0 Å². The fourth-order valence-corrected chi connectivity index (χ4v) is 3.06. The summed E-state index contributed by atoms with van der Waals surface area (Å²) in [4.78, 5) is 13.7. The zero-order valence-electron chi connectivity index (χ0n) is 11.5. The monoisotopic (exact) mass is 241 g/mol. The van der Waals surface area contributed by atoms with Crippen molar-refractivity contribution in [3.05, 3.63) is 0 Å². The van der Waals surface area contributed by atoms with Gasteiger partial charge in [-0.25, -0.2) is 0 Å². The van der Waals surface area contributed by atoms with E-state index in [2.05, 4.69) is 11.9 Å². The van der Waals surface area contributed by atoms with E-state index in [-0.39, 0.29) is 0 Å². The van der Waals surface area contributed by atoms with Crippen LogP contribution in [0.2, 0.25) is 0 Å². The lowest BCUT2D eigenvalue weighted by molar-refractivity contribution is -0.150. The molecule has 1 aliphatic rings. The number of rotatable bonds is 7. The fraction of sp³-hybridized carbons (Fsp3) is 0.929. The van der Waals surface area contributed by atoms with Crippen molar-refractivity contribution in [1.82, 2.24) is 4.90 Å². The van der Waals surface area contributed by atoms with Gasteiger partial charge in [0.2, 0.25) is 0 Å². The summed E-state index contributed by atoms with van der Waals surface area (Å²) in [6, 6.07) is 0. The van der Waals surface area contributed by atoms with Gasteiger partial charge in [-0.15, -0.1) is 0 Å². The summed E-state index contributed by atoms with van der Waals surface area (Å²) < 4.78 is 0. The maximum absolute atomic E-state index is 11.4. The zero-order chi connectivity index (χ0) is 12.9. The van der Waals surface area contributed by atoms with E-state index >= 15 is 0 Å². The molecule has 1 saturated carbocycles. The number of hydrogen-bond acceptors (Lipinski definition) is 2. The highest BCUT2D eigenvalue weighted by molar-refractivity contribution is 5.74. The normalized spacial score (nSPS) is 17.9. The molecule has 3 nitrogen and oxygen atoms in total. The van der Waals surface area contributed by atoms with Gasteiger partial charge in [0.05, 0.1) is 5.41 Å². The lowest BCUT2D eigenvalue weighted by atomic mass is 9.82. The van der Waals surface area contributed by atoms with Crippen LogP contribution in [0.1, 0.15) is 52.4 Å². The number of nitrogens with zero attached hydrogens (tertiary/aromatic N) is 1. The summed E-state index contributed by atoms with van der Waals surface area (Å²) in [6.07, 6.45) is 6.78. The van der Waals surface area contributed by atoms with Crippen LogP contribution in [0.3, 0.4) is 0 Å². The molecule has 0 unspecified atom stereocenters. The van der Waals surface area contributed by atoms with Crippen LogP contribution in [0.25, 0.3) is 0 Å². The van der Waals surface area contributed by atoms with Gasteiger partial charge in [-0.05, 0) is 38.6 Å². The Hall–Kier alpha value is -0.570. The van der Waals surface area contributed by atoms with Crippen molar-refractivity contribution in [3.63, 3.8) is 0 Å². The molecule has 0 bridgehead atoms. The fourth-order valence-electron chi connectivity index (χ4n) is 3.06. The van der Waals surface area contributed by atoms with E-state index in [9.17, 15) is 9.90 Å². The van der Waals surface area contributed by atoms with Gasteiger partial charge in [0.1, 0.15) is 0 Å². The second kappa shape index (κ2) is 6.39. The zero-order valence-corrected chi connectivity index (χ0v) is 11.5. The first-order valence-corrected chi connectivity index (χ1v) is 6.96. The molecule has 0 aromatic rings. The molecular formula is C14H27NO2. The van der Waals surface area contributed by atoms with Crippen molar-refractivity contribution in [2.45, 2.75) is 52.4 Å². The molecular weight excluding hydrogens is 214 g/mol. The van der Waals surface area contributed by atoms with Crippen LogP contribution in [-0.2, 0) is 4.79 Å². The molecule has 0 amide bonds. The lowest BCUT2D eigenvalue weighted by Crippen LogP contribution is -2.42. The Morgan fingerprint density at radius 3 is 2.24 bits per heavy atom. The first kappa shape index (κ1) is 14.5. The third-order valence-corrected chi connectivity index (χ3v) is 4.42. The highest BCUT2D eigenvalue weighted by Crippen LogP contribution is 2.30. The molecule has 3 heteroatoms. The average Bonchev–Trinajstić information content (AvgIpc) is 2.78. The predicted octanol–water partition coefficient (Wildman–Crippen LogP) is 3.00. The van der Waals surface area contributed by atoms with Crippen molar-refractivity contribution >= 4 is 5.97 Å². The van der Waals surface area contributed by atoms with E-state index in [1.54, 1.807) is 0 Å². The van der Waals surface area contributed by atoms with Gasteiger partial charge in [0, 0.05) is 13.1 Å². The van der Waals surface area contributed by atoms with Gasteiger partial charge in [0.15, 0.2) is 0 Å². The molecule has 0 saturated heterocycles. The van der Waals surface area contributed by atoms with Gasteiger partial charge < -0.3 is 10.0 Å². The SMILES string of the molecule is CCC(CC)(CN(C)CC1CCCC1)C(=O)O. The van der Waals surface area contributed by atoms with Crippen LogP contribution in [0.4, 0.5) is 0 Å². The first-order valence-electron chi connectivity index (χ1n) is 6.96. The molecule has 0 aromatic carbocycles. The summed E-state index contributed by atoms with van der Waals surface area (Å²) in [5, 5.41) is 9.41. The summed E-state index contributed by atoms with van der Waals surface area (Å²) in [7, 11) is 2.07. The molecule has 0 radical (unpaired) electrons. The number of aliphatic carboxylic acids is 1. The molecule has 0 heterocycles. The van der Waals surface area contributed by atoms with Crippen LogP contribution in [0, 0.1) is 11.3 Å². The molecule has 0 aliphatic heterocycles. The third-order valence-electron chi connectivity index (χ3n) is 4.42. The molecule has 0 spiro atoms. The molecule has 1 aliphatic carbocycles. The smallest absolute Gasteiger partial charge is 0.310 e. The maximum atomic E-state index is 11.4. The summed E-state index contributed by atoms with van der Waals surface area (Å²) in [5.74, 6) is 0.154. The number of hydrogen-bond donors (Lipinski definition) is 1. The van der Waals surface area contributed by atoms with E-state index in [0.29, 0.717) is 19.4 Å². The standard InChI is InChI=1S/C14H27NO2/c1-4-14(5-2,13(16)17)11-15(3)10-12-8-6-7-9-12/h12H,4-11H2,1-3H3,(H,16,17). The molecule has 1 N–H and O–H groups in total. The minimum atomic E-state index is -0.638. The Kier molecular flexibility index (Phi) is 5.44. The lowest BCUT2D eigenvalue weighted by Gasteiger charge is -2.32. The van der Waals surface area contributed by atoms with E-state index < -0.39 is 11.4 Å². The highest BCUT2D eigenvalue weighted by Gasteiger charge is 2.36. The van der Waals surface area contributed by atoms with E-state index in [0.717, 1.165) is 12.5 Å². The van der Waals surface area contributed by atoms with Crippen LogP contribution < -0.4 is 0 Å². The molecule has 0 atom stereocenters. The number of carboxylic acids is 1. The first-order chi connectivity index (χ1) is 8.04. The molecule has 100 valence electrons. The van der Waals surface area contributed by atoms with Gasteiger partial charge in [-0.3, -0.25) is 4.79 Å². The van der Waals surface area contributed by atoms with Gasteiger partial charge in [-0.1, -0.05) is 26.7 Å². The van der Waals surface area contributed by atoms with Crippen molar-refractivity contribution < 1.29 is 9.90 Å². The largest absolute Gasteiger partial charge is 0.481 e. The highest BCUT2D eigenvalue weighted by atomic mass is 16.4. The minimum Gasteiger partial charge on any atom is -0.481 e. The minimum absolute atomic E-state index is 0.548. The molecule has 1 rings (SSSR count). The van der Waals surface area contributed by atoms with Crippen LogP contribution in [-0.4, -0.2) is 36.1 Å². The Morgan fingerprint density at radius 2 is 1.82 bits per heavy atom. The van der Waals surface area contributed by atoms with Gasteiger partial charge in [-0.2, -0.15) is 0 Å². The molecule has 0 aromatic heterocycles. The maximum Gasteiger partial charge on any atom is 0.310 e. The molecule has 1 fully saturated rings. The summed E-state index contributed by atoms with van der Waals surface area (Å²) >= 11 is 0. The summed E-state index contributed by atoms with van der Waals surface area (Å²) in [5.41, 5.74) is -0.548. The topological polar surface area (TPSA) is 40.5 Å². The third kappa shape index (κ3) is 3.70. The summed E-state index contributed by atoms with van der Waals surface area (Å²) in [6.45, 7) is 5.73.